The van der Waals surface area contributed by atoms with E-state index >= 15 is 0 Å². The SMILES string of the molecule is O=C(O)CCc1ccc(N2CCN(c3ccccn3)CC2)o1. The molecule has 0 unspecified atom stereocenters. The van der Waals surface area contributed by atoms with Crippen LogP contribution >= 0.6 is 0 Å². The Labute approximate surface area is 129 Å². The number of aliphatic carboxylic acids is 1. The highest BCUT2D eigenvalue weighted by atomic mass is 16.4. The van der Waals surface area contributed by atoms with Gasteiger partial charge in [-0.1, -0.05) is 6.07 Å². The van der Waals surface area contributed by atoms with E-state index in [1.165, 1.54) is 0 Å². The second-order valence-electron chi connectivity index (χ2n) is 5.30. The summed E-state index contributed by atoms with van der Waals surface area (Å²) >= 11 is 0. The molecule has 0 spiro atoms. The van der Waals surface area contributed by atoms with Crippen LogP contribution in [0.2, 0.25) is 0 Å². The van der Waals surface area contributed by atoms with Crippen molar-refractivity contribution >= 4 is 17.7 Å². The van der Waals surface area contributed by atoms with Crippen molar-refractivity contribution in [2.45, 2.75) is 12.8 Å². The highest BCUT2D eigenvalue weighted by Gasteiger charge is 2.20. The van der Waals surface area contributed by atoms with Gasteiger partial charge in [0.25, 0.3) is 0 Å². The lowest BCUT2D eigenvalue weighted by atomic mass is 10.2. The van der Waals surface area contributed by atoms with Crippen LogP contribution in [0.25, 0.3) is 0 Å². The number of carbonyl (C=O) groups is 1. The molecule has 1 saturated heterocycles. The average molecular weight is 301 g/mol. The third-order valence-corrected chi connectivity index (χ3v) is 3.80. The van der Waals surface area contributed by atoms with Gasteiger partial charge in [0.15, 0.2) is 5.88 Å². The molecule has 0 radical (unpaired) electrons. The maximum Gasteiger partial charge on any atom is 0.303 e. The Morgan fingerprint density at radius 3 is 2.59 bits per heavy atom. The summed E-state index contributed by atoms with van der Waals surface area (Å²) in [6.07, 6.45) is 2.34. The summed E-state index contributed by atoms with van der Waals surface area (Å²) in [6, 6.07) is 9.72. The molecule has 22 heavy (non-hydrogen) atoms. The summed E-state index contributed by atoms with van der Waals surface area (Å²) in [5.74, 6) is 1.75. The van der Waals surface area contributed by atoms with Crippen molar-refractivity contribution in [3.63, 3.8) is 0 Å². The van der Waals surface area contributed by atoms with Crippen molar-refractivity contribution in [1.29, 1.82) is 0 Å². The Balaban J connectivity index is 1.56. The van der Waals surface area contributed by atoms with E-state index in [-0.39, 0.29) is 6.42 Å². The average Bonchev–Trinajstić information content (AvgIpc) is 3.03. The van der Waals surface area contributed by atoms with Gasteiger partial charge in [-0.05, 0) is 18.2 Å². The lowest BCUT2D eigenvalue weighted by Crippen LogP contribution is -2.46. The number of carboxylic acids is 1. The predicted molar refractivity (Wildman–Crippen MR) is 83.3 cm³/mol. The molecule has 0 saturated carbocycles. The number of hydrogen-bond donors (Lipinski definition) is 1. The van der Waals surface area contributed by atoms with E-state index in [0.29, 0.717) is 6.42 Å². The molecule has 1 N–H and O–H groups in total. The molecule has 2 aromatic rings. The van der Waals surface area contributed by atoms with Gasteiger partial charge in [0, 0.05) is 44.9 Å². The van der Waals surface area contributed by atoms with Gasteiger partial charge in [-0.25, -0.2) is 4.98 Å². The van der Waals surface area contributed by atoms with Crippen LogP contribution in [0.3, 0.4) is 0 Å². The van der Waals surface area contributed by atoms with Crippen LogP contribution < -0.4 is 9.80 Å². The zero-order valence-corrected chi connectivity index (χ0v) is 12.3. The first-order valence-electron chi connectivity index (χ1n) is 7.44. The van der Waals surface area contributed by atoms with Crippen molar-refractivity contribution in [2.75, 3.05) is 36.0 Å². The zero-order chi connectivity index (χ0) is 15.4. The largest absolute Gasteiger partial charge is 0.481 e. The number of anilines is 2. The van der Waals surface area contributed by atoms with E-state index < -0.39 is 5.97 Å². The second-order valence-corrected chi connectivity index (χ2v) is 5.30. The van der Waals surface area contributed by atoms with Gasteiger partial charge in [-0.15, -0.1) is 0 Å². The lowest BCUT2D eigenvalue weighted by molar-refractivity contribution is -0.137. The summed E-state index contributed by atoms with van der Waals surface area (Å²) in [7, 11) is 0. The highest BCUT2D eigenvalue weighted by Crippen LogP contribution is 2.22. The van der Waals surface area contributed by atoms with E-state index in [0.717, 1.165) is 43.6 Å². The number of pyridine rings is 1. The van der Waals surface area contributed by atoms with Crippen LogP contribution in [-0.4, -0.2) is 42.2 Å². The fourth-order valence-corrected chi connectivity index (χ4v) is 2.60. The van der Waals surface area contributed by atoms with E-state index in [9.17, 15) is 4.79 Å². The van der Waals surface area contributed by atoms with Crippen molar-refractivity contribution < 1.29 is 14.3 Å². The molecule has 6 nitrogen and oxygen atoms in total. The summed E-state index contributed by atoms with van der Waals surface area (Å²) < 4.78 is 5.74. The third-order valence-electron chi connectivity index (χ3n) is 3.80. The van der Waals surface area contributed by atoms with Gasteiger partial charge in [0.2, 0.25) is 0 Å². The molecule has 1 fully saturated rings. The third kappa shape index (κ3) is 3.39. The van der Waals surface area contributed by atoms with Crippen molar-refractivity contribution in [3.8, 4) is 0 Å². The topological polar surface area (TPSA) is 69.8 Å². The molecule has 0 atom stereocenters. The Kier molecular flexibility index (Phi) is 4.27. The van der Waals surface area contributed by atoms with Gasteiger partial charge < -0.3 is 19.3 Å². The first kappa shape index (κ1) is 14.4. The fraction of sp³-hybridized carbons (Fsp3) is 0.375. The van der Waals surface area contributed by atoms with E-state index in [1.54, 1.807) is 0 Å². The smallest absolute Gasteiger partial charge is 0.303 e. The molecule has 1 aliphatic heterocycles. The molecule has 0 aromatic carbocycles. The van der Waals surface area contributed by atoms with Crippen LogP contribution in [0.4, 0.5) is 11.7 Å². The minimum Gasteiger partial charge on any atom is -0.481 e. The Hall–Kier alpha value is -2.50. The van der Waals surface area contributed by atoms with Crippen LogP contribution in [-0.2, 0) is 11.2 Å². The van der Waals surface area contributed by atoms with Gasteiger partial charge >= 0.3 is 5.97 Å². The minimum absolute atomic E-state index is 0.0976. The predicted octanol–water partition coefficient (Wildman–Crippen LogP) is 2.02. The highest BCUT2D eigenvalue weighted by molar-refractivity contribution is 5.67. The summed E-state index contributed by atoms with van der Waals surface area (Å²) in [5.41, 5.74) is 0. The number of rotatable bonds is 5. The fourth-order valence-electron chi connectivity index (χ4n) is 2.60. The molecule has 0 aliphatic carbocycles. The van der Waals surface area contributed by atoms with Crippen molar-refractivity contribution in [1.82, 2.24) is 4.98 Å². The molecular weight excluding hydrogens is 282 g/mol. The number of furan rings is 1. The standard InChI is InChI=1S/C16H19N3O3/c20-16(21)7-5-13-4-6-15(22-13)19-11-9-18(10-12-19)14-3-1-2-8-17-14/h1-4,6,8H,5,7,9-12H2,(H,20,21). The van der Waals surface area contributed by atoms with Crippen LogP contribution in [0.5, 0.6) is 0 Å². The first-order valence-corrected chi connectivity index (χ1v) is 7.44. The quantitative estimate of drug-likeness (QED) is 0.911. The molecule has 1 aliphatic rings. The molecule has 116 valence electrons. The molecular formula is C16H19N3O3. The van der Waals surface area contributed by atoms with Gasteiger partial charge in [-0.3, -0.25) is 4.79 Å². The van der Waals surface area contributed by atoms with Gasteiger partial charge in [0.05, 0.1) is 6.42 Å². The number of piperazine rings is 1. The van der Waals surface area contributed by atoms with E-state index in [4.69, 9.17) is 9.52 Å². The Morgan fingerprint density at radius 2 is 1.91 bits per heavy atom. The monoisotopic (exact) mass is 301 g/mol. The molecule has 3 rings (SSSR count). The van der Waals surface area contributed by atoms with Crippen molar-refractivity contribution in [3.05, 3.63) is 42.3 Å². The van der Waals surface area contributed by atoms with E-state index in [2.05, 4.69) is 14.8 Å². The number of aromatic nitrogens is 1. The zero-order valence-electron chi connectivity index (χ0n) is 12.3. The van der Waals surface area contributed by atoms with E-state index in [1.807, 2.05) is 36.5 Å². The van der Waals surface area contributed by atoms with Gasteiger partial charge in [-0.2, -0.15) is 0 Å². The summed E-state index contributed by atoms with van der Waals surface area (Å²) in [6.45, 7) is 3.51. The normalized spacial score (nSPS) is 15.1. The maximum absolute atomic E-state index is 10.6. The number of carboxylic acid groups (broad SMARTS) is 1. The number of nitrogens with zero attached hydrogens (tertiary/aromatic N) is 3. The van der Waals surface area contributed by atoms with Crippen LogP contribution in [0.1, 0.15) is 12.2 Å². The first-order chi connectivity index (χ1) is 10.7. The second kappa shape index (κ2) is 6.51. The molecule has 2 aromatic heterocycles. The van der Waals surface area contributed by atoms with Crippen LogP contribution in [0.15, 0.2) is 40.9 Å². The van der Waals surface area contributed by atoms with Gasteiger partial charge in [0.1, 0.15) is 11.6 Å². The molecule has 0 bridgehead atoms. The van der Waals surface area contributed by atoms with Crippen molar-refractivity contribution in [2.24, 2.45) is 0 Å². The number of hydrogen-bond acceptors (Lipinski definition) is 5. The molecule has 3 heterocycles. The summed E-state index contributed by atoms with van der Waals surface area (Å²) in [4.78, 5) is 19.4. The Morgan fingerprint density at radius 1 is 1.14 bits per heavy atom. The lowest BCUT2D eigenvalue weighted by Gasteiger charge is -2.35. The molecule has 6 heteroatoms. The Bertz CT molecular complexity index is 619. The molecule has 0 amide bonds. The number of aryl methyl sites for hydroxylation is 1. The van der Waals surface area contributed by atoms with Crippen LogP contribution in [0, 0.1) is 0 Å². The maximum atomic E-state index is 10.6. The summed E-state index contributed by atoms with van der Waals surface area (Å²) in [5, 5.41) is 8.70. The minimum atomic E-state index is -0.804.